The van der Waals surface area contributed by atoms with Gasteiger partial charge in [-0.1, -0.05) is 60.7 Å². The van der Waals surface area contributed by atoms with Gasteiger partial charge in [-0.05, 0) is 17.2 Å². The third-order valence-electron chi connectivity index (χ3n) is 4.09. The zero-order chi connectivity index (χ0) is 21.7. The molecule has 0 amide bonds. The van der Waals surface area contributed by atoms with Crippen molar-refractivity contribution < 1.29 is 28.6 Å². The van der Waals surface area contributed by atoms with Gasteiger partial charge in [0, 0.05) is 26.3 Å². The van der Waals surface area contributed by atoms with Crippen molar-refractivity contribution in [2.45, 2.75) is 20.8 Å². The smallest absolute Gasteiger partial charge is 0.308 e. The molecule has 0 spiro atoms. The predicted octanol–water partition coefficient (Wildman–Crippen LogP) is 4.80. The first-order chi connectivity index (χ1) is 14.4. The minimum absolute atomic E-state index is 0.00139. The Bertz CT molecular complexity index is 1090. The normalized spacial score (nSPS) is 10.2. The lowest BCUT2D eigenvalue weighted by molar-refractivity contribution is -0.134. The monoisotopic (exact) mass is 404 g/mol. The van der Waals surface area contributed by atoms with E-state index >= 15 is 0 Å². The lowest BCUT2D eigenvalue weighted by atomic mass is 9.96. The molecular weight excluding hydrogens is 384 g/mol. The Kier molecular flexibility index (Phi) is 6.27. The minimum atomic E-state index is -0.612. The summed E-state index contributed by atoms with van der Waals surface area (Å²) in [5, 5.41) is 0. The standard InChI is InChI=1S/C24H20O6/c1-15(25)28-21-14-20(18-10-6-4-7-11-18)23(29-16(2)26)24(30-17(3)27)22(21)19-12-8-5-9-13-19/h4-14H,1-3H3. The molecule has 0 saturated heterocycles. The van der Waals surface area contributed by atoms with E-state index < -0.39 is 17.9 Å². The largest absolute Gasteiger partial charge is 0.426 e. The molecule has 0 aliphatic rings. The number of esters is 3. The fraction of sp³-hybridized carbons (Fsp3) is 0.125. The molecule has 0 aliphatic heterocycles. The molecule has 0 aliphatic carbocycles. The van der Waals surface area contributed by atoms with Gasteiger partial charge in [0.15, 0.2) is 11.5 Å². The summed E-state index contributed by atoms with van der Waals surface area (Å²) in [6.45, 7) is 3.78. The molecule has 0 saturated carbocycles. The number of ether oxygens (including phenoxy) is 3. The average molecular weight is 404 g/mol. The molecule has 0 atom stereocenters. The Morgan fingerprint density at radius 2 is 1.07 bits per heavy atom. The lowest BCUT2D eigenvalue weighted by Gasteiger charge is -2.20. The number of rotatable bonds is 5. The van der Waals surface area contributed by atoms with Crippen LogP contribution in [-0.2, 0) is 14.4 Å². The Balaban J connectivity index is 2.43. The summed E-state index contributed by atoms with van der Waals surface area (Å²) in [4.78, 5) is 35.7. The van der Waals surface area contributed by atoms with Crippen molar-refractivity contribution in [3.05, 3.63) is 66.7 Å². The molecule has 3 aromatic carbocycles. The van der Waals surface area contributed by atoms with Gasteiger partial charge >= 0.3 is 17.9 Å². The first-order valence-corrected chi connectivity index (χ1v) is 9.24. The Morgan fingerprint density at radius 3 is 1.57 bits per heavy atom. The van der Waals surface area contributed by atoms with Crippen molar-refractivity contribution in [3.63, 3.8) is 0 Å². The topological polar surface area (TPSA) is 78.9 Å². The summed E-state index contributed by atoms with van der Waals surface area (Å²) >= 11 is 0. The molecule has 6 heteroatoms. The molecule has 0 bridgehead atoms. The van der Waals surface area contributed by atoms with Crippen LogP contribution < -0.4 is 14.2 Å². The van der Waals surface area contributed by atoms with Crippen LogP contribution in [0.5, 0.6) is 17.2 Å². The number of hydrogen-bond acceptors (Lipinski definition) is 6. The highest BCUT2D eigenvalue weighted by atomic mass is 16.6. The van der Waals surface area contributed by atoms with E-state index in [1.54, 1.807) is 42.5 Å². The predicted molar refractivity (Wildman–Crippen MR) is 111 cm³/mol. The molecule has 3 aromatic rings. The minimum Gasteiger partial charge on any atom is -0.426 e. The quantitative estimate of drug-likeness (QED) is 0.449. The highest BCUT2D eigenvalue weighted by molar-refractivity contribution is 5.92. The van der Waals surface area contributed by atoms with Gasteiger partial charge in [0.1, 0.15) is 5.75 Å². The molecule has 0 unspecified atom stereocenters. The number of benzene rings is 3. The fourth-order valence-corrected chi connectivity index (χ4v) is 3.05. The van der Waals surface area contributed by atoms with Crippen LogP contribution in [0.2, 0.25) is 0 Å². The first-order valence-electron chi connectivity index (χ1n) is 9.24. The third-order valence-corrected chi connectivity index (χ3v) is 4.09. The Labute approximate surface area is 174 Å². The highest BCUT2D eigenvalue weighted by Gasteiger charge is 2.27. The van der Waals surface area contributed by atoms with Gasteiger partial charge in [-0.25, -0.2) is 0 Å². The molecule has 6 nitrogen and oxygen atoms in total. The first kappa shape index (κ1) is 20.8. The van der Waals surface area contributed by atoms with E-state index in [1.807, 2.05) is 24.3 Å². The van der Waals surface area contributed by atoms with E-state index in [4.69, 9.17) is 14.2 Å². The number of carbonyl (C=O) groups is 3. The summed E-state index contributed by atoms with van der Waals surface area (Å²) in [6, 6.07) is 19.6. The van der Waals surface area contributed by atoms with Crippen LogP contribution in [0, 0.1) is 0 Å². The van der Waals surface area contributed by atoms with Crippen LogP contribution in [0.4, 0.5) is 0 Å². The van der Waals surface area contributed by atoms with Gasteiger partial charge in [-0.3, -0.25) is 14.4 Å². The Morgan fingerprint density at radius 1 is 0.600 bits per heavy atom. The Hall–Kier alpha value is -3.93. The van der Waals surface area contributed by atoms with Crippen molar-refractivity contribution in [3.8, 4) is 39.5 Å². The van der Waals surface area contributed by atoms with E-state index in [-0.39, 0.29) is 17.2 Å². The van der Waals surface area contributed by atoms with Crippen LogP contribution in [0.25, 0.3) is 22.3 Å². The van der Waals surface area contributed by atoms with Crippen molar-refractivity contribution >= 4 is 17.9 Å². The van der Waals surface area contributed by atoms with Crippen molar-refractivity contribution in [2.75, 3.05) is 0 Å². The third kappa shape index (κ3) is 4.72. The van der Waals surface area contributed by atoms with Crippen molar-refractivity contribution in [1.82, 2.24) is 0 Å². The lowest BCUT2D eigenvalue weighted by Crippen LogP contribution is -2.11. The van der Waals surface area contributed by atoms with Gasteiger partial charge in [0.2, 0.25) is 0 Å². The van der Waals surface area contributed by atoms with Crippen LogP contribution in [0.15, 0.2) is 66.7 Å². The van der Waals surface area contributed by atoms with E-state index in [0.29, 0.717) is 22.3 Å². The van der Waals surface area contributed by atoms with Crippen LogP contribution >= 0.6 is 0 Å². The molecule has 0 fully saturated rings. The molecule has 30 heavy (non-hydrogen) atoms. The average Bonchev–Trinajstić information content (AvgIpc) is 2.70. The van der Waals surface area contributed by atoms with Gasteiger partial charge in [-0.2, -0.15) is 0 Å². The van der Waals surface area contributed by atoms with Gasteiger partial charge in [-0.15, -0.1) is 0 Å². The van der Waals surface area contributed by atoms with Crippen LogP contribution in [-0.4, -0.2) is 17.9 Å². The van der Waals surface area contributed by atoms with Gasteiger partial charge in [0.05, 0.1) is 5.56 Å². The van der Waals surface area contributed by atoms with E-state index in [1.165, 1.54) is 20.8 Å². The maximum Gasteiger partial charge on any atom is 0.308 e. The molecular formula is C24H20O6. The molecule has 0 heterocycles. The molecule has 152 valence electrons. The zero-order valence-electron chi connectivity index (χ0n) is 16.8. The summed E-state index contributed by atoms with van der Waals surface area (Å²) < 4.78 is 16.5. The summed E-state index contributed by atoms with van der Waals surface area (Å²) in [5.74, 6) is -1.49. The summed E-state index contributed by atoms with van der Waals surface area (Å²) in [5.41, 5.74) is 2.09. The molecule has 0 radical (unpaired) electrons. The zero-order valence-corrected chi connectivity index (χ0v) is 16.8. The van der Waals surface area contributed by atoms with Crippen molar-refractivity contribution in [2.24, 2.45) is 0 Å². The van der Waals surface area contributed by atoms with E-state index in [9.17, 15) is 14.4 Å². The SMILES string of the molecule is CC(=O)Oc1cc(-c2ccccc2)c(OC(C)=O)c(OC(C)=O)c1-c1ccccc1. The molecule has 0 aromatic heterocycles. The second-order valence-corrected chi connectivity index (χ2v) is 6.47. The number of carbonyl (C=O) groups excluding carboxylic acids is 3. The summed E-state index contributed by atoms with van der Waals surface area (Å²) in [6.07, 6.45) is 0. The van der Waals surface area contributed by atoms with E-state index in [0.717, 1.165) is 0 Å². The van der Waals surface area contributed by atoms with Gasteiger partial charge < -0.3 is 14.2 Å². The maximum atomic E-state index is 11.9. The molecule has 0 N–H and O–H groups in total. The van der Waals surface area contributed by atoms with Gasteiger partial charge in [0.25, 0.3) is 0 Å². The van der Waals surface area contributed by atoms with Crippen molar-refractivity contribution in [1.29, 1.82) is 0 Å². The highest BCUT2D eigenvalue weighted by Crippen LogP contribution is 2.50. The van der Waals surface area contributed by atoms with Crippen LogP contribution in [0.1, 0.15) is 20.8 Å². The maximum absolute atomic E-state index is 11.9. The fourth-order valence-electron chi connectivity index (χ4n) is 3.05. The second kappa shape index (κ2) is 9.05. The van der Waals surface area contributed by atoms with E-state index in [2.05, 4.69) is 0 Å². The molecule has 3 rings (SSSR count). The second-order valence-electron chi connectivity index (χ2n) is 6.47. The van der Waals surface area contributed by atoms with Crippen LogP contribution in [0.3, 0.4) is 0 Å². The number of hydrogen-bond donors (Lipinski definition) is 0. The summed E-state index contributed by atoms with van der Waals surface area (Å²) in [7, 11) is 0.